The highest BCUT2D eigenvalue weighted by molar-refractivity contribution is 6.73. The summed E-state index contributed by atoms with van der Waals surface area (Å²) in [5.74, 6) is -0.189. The van der Waals surface area contributed by atoms with Crippen LogP contribution >= 0.6 is 0 Å². The van der Waals surface area contributed by atoms with Gasteiger partial charge in [-0.1, -0.05) is 11.5 Å². The van der Waals surface area contributed by atoms with E-state index in [-0.39, 0.29) is 11.4 Å². The third kappa shape index (κ3) is 1.90. The van der Waals surface area contributed by atoms with Crippen molar-refractivity contribution in [2.24, 2.45) is 0 Å². The number of nitrogens with two attached hydrogens (primary N) is 1. The van der Waals surface area contributed by atoms with Gasteiger partial charge in [0.05, 0.1) is 5.56 Å². The molecule has 1 aromatic rings. The highest BCUT2D eigenvalue weighted by Crippen LogP contribution is 2.11. The molecule has 7 heteroatoms. The lowest BCUT2D eigenvalue weighted by Gasteiger charge is -2.14. The topological polar surface area (TPSA) is 62.7 Å². The van der Waals surface area contributed by atoms with Crippen LogP contribution in [0, 0.1) is 11.3 Å². The summed E-state index contributed by atoms with van der Waals surface area (Å²) in [6, 6.07) is 2.23. The molecule has 2 N–H and O–H groups in total. The van der Waals surface area contributed by atoms with E-state index < -0.39 is 12.4 Å². The number of anilines is 1. The van der Waals surface area contributed by atoms with Crippen LogP contribution in [0.2, 0.25) is 0 Å². The molecular weight excluding hydrogens is 182 g/mol. The minimum atomic E-state index is -5.11. The molecule has 0 aliphatic carbocycles. The van der Waals surface area contributed by atoms with Crippen molar-refractivity contribution >= 4 is 18.3 Å². The van der Waals surface area contributed by atoms with Gasteiger partial charge in [-0.2, -0.15) is 5.26 Å². The second-order valence-corrected chi connectivity index (χ2v) is 2.39. The lowest BCUT2D eigenvalue weighted by atomic mass is 9.81. The molecule has 0 aliphatic heterocycles. The minimum absolute atomic E-state index is 0.189. The molecule has 3 nitrogen and oxygen atoms in total. The first-order chi connectivity index (χ1) is 5.95. The Balaban J connectivity index is 3.24. The van der Waals surface area contributed by atoms with Crippen molar-refractivity contribution in [1.82, 2.24) is 4.98 Å². The van der Waals surface area contributed by atoms with Crippen molar-refractivity contribution < 1.29 is 12.9 Å². The normalized spacial score (nSPS) is 10.9. The fourth-order valence-corrected chi connectivity index (χ4v) is 0.760. The lowest BCUT2D eigenvalue weighted by Crippen LogP contribution is -2.34. The summed E-state index contributed by atoms with van der Waals surface area (Å²) >= 11 is 0. The van der Waals surface area contributed by atoms with Crippen LogP contribution in [-0.4, -0.2) is 12.0 Å². The number of nitriles is 1. The third-order valence-corrected chi connectivity index (χ3v) is 1.44. The molecule has 0 saturated heterocycles. The van der Waals surface area contributed by atoms with Gasteiger partial charge < -0.3 is 18.7 Å². The fourth-order valence-electron chi connectivity index (χ4n) is 0.760. The van der Waals surface area contributed by atoms with Crippen molar-refractivity contribution in [3.05, 3.63) is 17.8 Å². The molecule has 0 spiro atoms. The summed E-state index contributed by atoms with van der Waals surface area (Å²) in [6.45, 7) is -5.11. The number of hydrogen-bond donors (Lipinski definition) is 1. The number of rotatable bonds is 1. The predicted octanol–water partition coefficient (Wildman–Crippen LogP) is 0.590. The van der Waals surface area contributed by atoms with E-state index in [0.717, 1.165) is 0 Å². The second kappa shape index (κ2) is 2.97. The van der Waals surface area contributed by atoms with Crippen LogP contribution in [0.25, 0.3) is 0 Å². The molecule has 13 heavy (non-hydrogen) atoms. The summed E-state index contributed by atoms with van der Waals surface area (Å²) < 4.78 is 36.3. The second-order valence-electron chi connectivity index (χ2n) is 2.39. The Morgan fingerprint density at radius 3 is 2.54 bits per heavy atom. The van der Waals surface area contributed by atoms with E-state index in [1.165, 1.54) is 6.07 Å². The summed E-state index contributed by atoms with van der Waals surface area (Å²) in [7, 11) is 0. The number of nitrogen functional groups attached to an aromatic ring is 1. The van der Waals surface area contributed by atoms with Gasteiger partial charge in [-0.15, -0.1) is 0 Å². The number of nitrogens with zero attached hydrogens (tertiary/aromatic N) is 2. The van der Waals surface area contributed by atoms with E-state index in [1.807, 2.05) is 0 Å². The van der Waals surface area contributed by atoms with Crippen LogP contribution in [0.5, 0.6) is 0 Å². The first kappa shape index (κ1) is 9.38. The maximum atomic E-state index is 12.1. The zero-order chi connectivity index (χ0) is 10.1. The first-order valence-electron chi connectivity index (χ1n) is 3.30. The SMILES string of the molecule is N#Cc1cc([B-](F)(F)F)cnc1N. The first-order valence-corrected chi connectivity index (χ1v) is 3.30. The van der Waals surface area contributed by atoms with Crippen molar-refractivity contribution in [2.45, 2.75) is 0 Å². The van der Waals surface area contributed by atoms with Crippen molar-refractivity contribution in [1.29, 1.82) is 5.26 Å². The smallest absolute Gasteiger partial charge is 0.445 e. The molecule has 0 fully saturated rings. The van der Waals surface area contributed by atoms with Crippen LogP contribution in [0.15, 0.2) is 12.3 Å². The molecule has 0 unspecified atom stereocenters. The maximum absolute atomic E-state index is 12.1. The van der Waals surface area contributed by atoms with Gasteiger partial charge >= 0.3 is 6.98 Å². The van der Waals surface area contributed by atoms with E-state index in [0.29, 0.717) is 12.3 Å². The van der Waals surface area contributed by atoms with Crippen LogP contribution < -0.4 is 11.2 Å². The van der Waals surface area contributed by atoms with Gasteiger partial charge in [0, 0.05) is 6.20 Å². The molecule has 1 aromatic heterocycles. The van der Waals surface area contributed by atoms with Gasteiger partial charge in [0.1, 0.15) is 11.9 Å². The molecule has 0 aliphatic rings. The maximum Gasteiger partial charge on any atom is 0.511 e. The van der Waals surface area contributed by atoms with Gasteiger partial charge in [-0.05, 0) is 0 Å². The van der Waals surface area contributed by atoms with E-state index in [4.69, 9.17) is 11.0 Å². The Bertz CT molecular complexity index is 368. The van der Waals surface area contributed by atoms with E-state index in [2.05, 4.69) is 4.98 Å². The zero-order valence-electron chi connectivity index (χ0n) is 6.34. The van der Waals surface area contributed by atoms with E-state index >= 15 is 0 Å². The van der Waals surface area contributed by atoms with E-state index in [9.17, 15) is 12.9 Å². The van der Waals surface area contributed by atoms with Gasteiger partial charge in [0.15, 0.2) is 0 Å². The average Bonchev–Trinajstić information content (AvgIpc) is 2.03. The monoisotopic (exact) mass is 186 g/mol. The van der Waals surface area contributed by atoms with Gasteiger partial charge in [0.2, 0.25) is 0 Å². The molecule has 0 bridgehead atoms. The van der Waals surface area contributed by atoms with Crippen molar-refractivity contribution in [3.63, 3.8) is 0 Å². The Kier molecular flexibility index (Phi) is 2.15. The standard InChI is InChI=1S/C6H4BF3N3/c8-7(9,10)5-1-4(2-11)6(12)13-3-5/h1,3H,(H2,12,13)/q-1. The number of aromatic nitrogens is 1. The minimum Gasteiger partial charge on any atom is -0.445 e. The fraction of sp³-hybridized carbons (Fsp3) is 0. The summed E-state index contributed by atoms with van der Waals surface area (Å²) in [5.41, 5.74) is 3.98. The Hall–Kier alpha value is -1.71. The quantitative estimate of drug-likeness (QED) is 0.652. The Morgan fingerprint density at radius 1 is 1.46 bits per heavy atom. The molecule has 68 valence electrons. The van der Waals surface area contributed by atoms with E-state index in [1.54, 1.807) is 0 Å². The summed E-state index contributed by atoms with van der Waals surface area (Å²) in [4.78, 5) is 3.27. The number of pyridine rings is 1. The molecule has 0 saturated carbocycles. The van der Waals surface area contributed by atoms with Crippen molar-refractivity contribution in [2.75, 3.05) is 5.73 Å². The summed E-state index contributed by atoms with van der Waals surface area (Å²) in [6.07, 6.45) is 0.621. The van der Waals surface area contributed by atoms with Crippen LogP contribution in [0.3, 0.4) is 0 Å². The zero-order valence-corrected chi connectivity index (χ0v) is 6.34. The molecule has 0 radical (unpaired) electrons. The highest BCUT2D eigenvalue weighted by atomic mass is 19.4. The number of hydrogen-bond acceptors (Lipinski definition) is 3. The molecule has 0 atom stereocenters. The predicted molar refractivity (Wildman–Crippen MR) is 42.1 cm³/mol. The molecular formula is C6H4BF3N3-. The Labute approximate surface area is 72.1 Å². The van der Waals surface area contributed by atoms with Crippen molar-refractivity contribution in [3.8, 4) is 6.07 Å². The van der Waals surface area contributed by atoms with Gasteiger partial charge in [-0.25, -0.2) is 4.98 Å². The van der Waals surface area contributed by atoms with Crippen LogP contribution in [0.4, 0.5) is 18.8 Å². The van der Waals surface area contributed by atoms with Gasteiger partial charge in [-0.3, -0.25) is 0 Å². The highest BCUT2D eigenvalue weighted by Gasteiger charge is 2.26. The summed E-state index contributed by atoms with van der Waals surface area (Å²) in [5, 5.41) is 8.38. The lowest BCUT2D eigenvalue weighted by molar-refractivity contribution is 0.500. The molecule has 0 amide bonds. The number of halogens is 3. The third-order valence-electron chi connectivity index (χ3n) is 1.44. The Morgan fingerprint density at radius 2 is 2.08 bits per heavy atom. The largest absolute Gasteiger partial charge is 0.511 e. The molecule has 0 aromatic carbocycles. The van der Waals surface area contributed by atoms with Crippen LogP contribution in [-0.2, 0) is 0 Å². The average molecular weight is 186 g/mol. The molecule has 1 heterocycles. The molecule has 1 rings (SSSR count). The van der Waals surface area contributed by atoms with Gasteiger partial charge in [0.25, 0.3) is 0 Å². The van der Waals surface area contributed by atoms with Crippen LogP contribution in [0.1, 0.15) is 5.56 Å².